The summed E-state index contributed by atoms with van der Waals surface area (Å²) in [5.74, 6) is 1.02. The molecule has 1 saturated heterocycles. The van der Waals surface area contributed by atoms with Crippen LogP contribution >= 0.6 is 0 Å². The molecule has 4 heterocycles. The third-order valence-electron chi connectivity index (χ3n) is 8.66. The predicted octanol–water partition coefficient (Wildman–Crippen LogP) is 5.61. The number of aromatic amines is 1. The van der Waals surface area contributed by atoms with Gasteiger partial charge >= 0.3 is 0 Å². The van der Waals surface area contributed by atoms with Crippen LogP contribution in [0.4, 0.5) is 5.82 Å². The number of carbonyl (C=O) groups excluding carboxylic acids is 1. The highest BCUT2D eigenvalue weighted by Gasteiger charge is 2.21. The number of carbonyl (C=O) groups is 1. The van der Waals surface area contributed by atoms with Crippen LogP contribution in [-0.2, 0) is 13.1 Å². The highest BCUT2D eigenvalue weighted by Crippen LogP contribution is 2.32. The minimum atomic E-state index is -0.184. The summed E-state index contributed by atoms with van der Waals surface area (Å²) in [4.78, 5) is 39.2. The van der Waals surface area contributed by atoms with Gasteiger partial charge in [-0.05, 0) is 86.7 Å². The number of fused-ring (bicyclic) bond motifs is 1. The van der Waals surface area contributed by atoms with E-state index in [1.807, 2.05) is 25.3 Å². The molecule has 5 rings (SSSR count). The minimum Gasteiger partial charge on any atom is -0.354 e. The lowest BCUT2D eigenvalue weighted by Crippen LogP contribution is -2.44. The van der Waals surface area contributed by atoms with Gasteiger partial charge in [-0.25, -0.2) is 4.98 Å². The Balaban J connectivity index is 1.50. The zero-order chi connectivity index (χ0) is 30.0. The number of pyridine rings is 2. The monoisotopic (exact) mass is 568 g/mol. The van der Waals surface area contributed by atoms with Crippen LogP contribution in [0.2, 0.25) is 0 Å². The van der Waals surface area contributed by atoms with E-state index >= 15 is 0 Å². The minimum absolute atomic E-state index is 0.138. The predicted molar refractivity (Wildman–Crippen MR) is 172 cm³/mol. The Hall–Kier alpha value is -3.91. The van der Waals surface area contributed by atoms with E-state index < -0.39 is 0 Å². The Bertz CT molecular complexity index is 1630. The summed E-state index contributed by atoms with van der Waals surface area (Å²) in [5.41, 5.74) is 6.96. The average molecular weight is 569 g/mol. The number of piperazine rings is 1. The first-order valence-electron chi connectivity index (χ1n) is 15.2. The molecule has 2 N–H and O–H groups in total. The van der Waals surface area contributed by atoms with E-state index in [0.29, 0.717) is 11.1 Å². The lowest BCUT2D eigenvalue weighted by Gasteiger charge is -2.33. The van der Waals surface area contributed by atoms with Crippen molar-refractivity contribution in [3.63, 3.8) is 0 Å². The number of nitrogens with one attached hydrogen (secondary N) is 2. The van der Waals surface area contributed by atoms with Gasteiger partial charge in [0.25, 0.3) is 11.5 Å². The van der Waals surface area contributed by atoms with Gasteiger partial charge in [0.05, 0.1) is 0 Å². The van der Waals surface area contributed by atoms with Crippen LogP contribution < -0.4 is 15.8 Å². The Morgan fingerprint density at radius 3 is 2.50 bits per heavy atom. The van der Waals surface area contributed by atoms with Crippen molar-refractivity contribution in [1.29, 1.82) is 0 Å². The SMILES string of the molecule is CCCn1cc(C)c2c(C(=O)NCc3c(C(C)CC)cc(C)[nH]c3=O)cc(-c3ccc(N4CCN(C)CC4)nc3)cc21. The number of hydrogen-bond donors (Lipinski definition) is 2. The largest absolute Gasteiger partial charge is 0.354 e. The summed E-state index contributed by atoms with van der Waals surface area (Å²) in [6, 6.07) is 10.4. The number of benzene rings is 1. The van der Waals surface area contributed by atoms with E-state index in [4.69, 9.17) is 4.98 Å². The molecule has 42 heavy (non-hydrogen) atoms. The van der Waals surface area contributed by atoms with Gasteiger partial charge in [-0.1, -0.05) is 20.8 Å². The zero-order valence-corrected chi connectivity index (χ0v) is 25.9. The fourth-order valence-electron chi connectivity index (χ4n) is 6.03. The molecule has 1 aromatic carbocycles. The molecule has 1 aliphatic heterocycles. The van der Waals surface area contributed by atoms with Gasteiger partial charge in [0, 0.05) is 84.9 Å². The Morgan fingerprint density at radius 1 is 1.07 bits per heavy atom. The lowest BCUT2D eigenvalue weighted by atomic mass is 9.94. The van der Waals surface area contributed by atoms with Crippen LogP contribution in [0.3, 0.4) is 0 Å². The zero-order valence-electron chi connectivity index (χ0n) is 25.9. The number of nitrogens with zero attached hydrogens (tertiary/aromatic N) is 4. The summed E-state index contributed by atoms with van der Waals surface area (Å²) in [5, 5.41) is 4.05. The van der Waals surface area contributed by atoms with Crippen molar-refractivity contribution in [2.24, 2.45) is 0 Å². The Labute approximate surface area is 248 Å². The van der Waals surface area contributed by atoms with Crippen molar-refractivity contribution >= 4 is 22.6 Å². The number of hydrogen-bond acceptors (Lipinski definition) is 5. The van der Waals surface area contributed by atoms with E-state index in [2.05, 4.69) is 83.8 Å². The van der Waals surface area contributed by atoms with E-state index in [0.717, 1.165) is 90.2 Å². The molecule has 4 aromatic rings. The molecular formula is C34H44N6O2. The molecule has 8 heteroatoms. The number of amides is 1. The summed E-state index contributed by atoms with van der Waals surface area (Å²) in [6.45, 7) is 15.4. The fourth-order valence-corrected chi connectivity index (χ4v) is 6.03. The second-order valence-corrected chi connectivity index (χ2v) is 11.8. The number of rotatable bonds is 9. The highest BCUT2D eigenvalue weighted by atomic mass is 16.1. The van der Waals surface area contributed by atoms with Crippen molar-refractivity contribution in [1.82, 2.24) is 24.8 Å². The van der Waals surface area contributed by atoms with Crippen LogP contribution in [0.25, 0.3) is 22.0 Å². The summed E-state index contributed by atoms with van der Waals surface area (Å²) in [7, 11) is 2.15. The van der Waals surface area contributed by atoms with Gasteiger partial charge in [-0.3, -0.25) is 9.59 Å². The summed E-state index contributed by atoms with van der Waals surface area (Å²) >= 11 is 0. The Kier molecular flexibility index (Phi) is 8.82. The van der Waals surface area contributed by atoms with Gasteiger partial charge in [0.15, 0.2) is 0 Å². The number of aromatic nitrogens is 3. The van der Waals surface area contributed by atoms with E-state index in [1.54, 1.807) is 0 Å². The smallest absolute Gasteiger partial charge is 0.253 e. The van der Waals surface area contributed by atoms with Crippen molar-refractivity contribution < 1.29 is 4.79 Å². The molecule has 222 valence electrons. The average Bonchev–Trinajstić information content (AvgIpc) is 3.30. The van der Waals surface area contributed by atoms with Crippen LogP contribution in [-0.4, -0.2) is 58.6 Å². The van der Waals surface area contributed by atoms with Crippen LogP contribution in [0.1, 0.15) is 72.3 Å². The molecule has 1 amide bonds. The number of aryl methyl sites for hydroxylation is 3. The second-order valence-electron chi connectivity index (χ2n) is 11.8. The molecule has 0 bridgehead atoms. The van der Waals surface area contributed by atoms with Crippen LogP contribution in [0.15, 0.2) is 47.5 Å². The summed E-state index contributed by atoms with van der Waals surface area (Å²) in [6.07, 6.45) is 5.96. The van der Waals surface area contributed by atoms with Crippen molar-refractivity contribution in [3.05, 3.63) is 81.0 Å². The van der Waals surface area contributed by atoms with Crippen molar-refractivity contribution in [2.45, 2.75) is 66.5 Å². The molecule has 1 aliphatic rings. The molecule has 8 nitrogen and oxygen atoms in total. The maximum absolute atomic E-state index is 13.9. The topological polar surface area (TPSA) is 86.3 Å². The maximum Gasteiger partial charge on any atom is 0.253 e. The second kappa shape index (κ2) is 12.5. The van der Waals surface area contributed by atoms with Gasteiger partial charge in [0.2, 0.25) is 0 Å². The number of H-pyrrole nitrogens is 1. The first-order valence-corrected chi connectivity index (χ1v) is 15.2. The molecular weight excluding hydrogens is 524 g/mol. The van der Waals surface area contributed by atoms with E-state index in [-0.39, 0.29) is 23.9 Å². The molecule has 3 aromatic heterocycles. The van der Waals surface area contributed by atoms with Crippen molar-refractivity contribution in [2.75, 3.05) is 38.1 Å². The van der Waals surface area contributed by atoms with Gasteiger partial charge in [-0.15, -0.1) is 0 Å². The first kappa shape index (κ1) is 29.6. The standard InChI is InChI=1S/C34H44N6O2/c1-7-11-40-21-23(4)32-28(33(41)36-20-29-27(22(3)8-2)16-24(5)37-34(29)42)17-26(18-30(32)40)25-9-10-31(35-19-25)39-14-12-38(6)13-15-39/h9-10,16-19,21-22H,7-8,11-15,20H2,1-6H3,(H,36,41)(H,37,42). The van der Waals surface area contributed by atoms with Crippen molar-refractivity contribution in [3.8, 4) is 11.1 Å². The van der Waals surface area contributed by atoms with Gasteiger partial charge in [0.1, 0.15) is 5.82 Å². The van der Waals surface area contributed by atoms with Crippen LogP contribution in [0.5, 0.6) is 0 Å². The molecule has 0 radical (unpaired) electrons. The first-order chi connectivity index (χ1) is 20.2. The van der Waals surface area contributed by atoms with Gasteiger partial charge < -0.3 is 24.7 Å². The third kappa shape index (κ3) is 6.00. The number of anilines is 1. The molecule has 0 spiro atoms. The van der Waals surface area contributed by atoms with Crippen LogP contribution in [0, 0.1) is 13.8 Å². The third-order valence-corrected chi connectivity index (χ3v) is 8.66. The molecule has 0 aliphatic carbocycles. The molecule has 1 unspecified atom stereocenters. The fraction of sp³-hybridized carbons (Fsp3) is 0.441. The molecule has 1 fully saturated rings. The number of likely N-dealkylation sites (N-methyl/N-ethyl adjacent to an activating group) is 1. The normalized spacial score (nSPS) is 14.9. The van der Waals surface area contributed by atoms with E-state index in [9.17, 15) is 9.59 Å². The van der Waals surface area contributed by atoms with Gasteiger partial charge in [-0.2, -0.15) is 0 Å². The lowest BCUT2D eigenvalue weighted by molar-refractivity contribution is 0.0952. The molecule has 0 saturated carbocycles. The molecule has 1 atom stereocenters. The quantitative estimate of drug-likeness (QED) is 0.274. The maximum atomic E-state index is 13.9. The summed E-state index contributed by atoms with van der Waals surface area (Å²) < 4.78 is 2.24. The van der Waals surface area contributed by atoms with E-state index in [1.165, 1.54) is 0 Å². The Morgan fingerprint density at radius 2 is 1.83 bits per heavy atom. The highest BCUT2D eigenvalue weighted by molar-refractivity contribution is 6.09.